The fourth-order valence-electron chi connectivity index (χ4n) is 2.45. The first kappa shape index (κ1) is 14.5. The van der Waals surface area contributed by atoms with Crippen LogP contribution in [0.1, 0.15) is 26.7 Å². The topological polar surface area (TPSA) is 70.2 Å². The van der Waals surface area contributed by atoms with E-state index in [1.807, 2.05) is 0 Å². The van der Waals surface area contributed by atoms with Crippen LogP contribution in [0.4, 0.5) is 11.4 Å². The van der Waals surface area contributed by atoms with E-state index in [2.05, 4.69) is 22.9 Å². The van der Waals surface area contributed by atoms with Crippen LogP contribution in [0.5, 0.6) is 0 Å². The van der Waals surface area contributed by atoms with Crippen LogP contribution in [0.15, 0.2) is 24.3 Å². The average molecular weight is 275 g/mol. The van der Waals surface area contributed by atoms with Crippen LogP contribution in [-0.4, -0.2) is 24.4 Å². The molecular formula is C15H21N3O2. The van der Waals surface area contributed by atoms with Gasteiger partial charge in [0.05, 0.1) is 0 Å². The first-order valence-electron chi connectivity index (χ1n) is 6.96. The maximum absolute atomic E-state index is 12.2. The molecule has 2 atom stereocenters. The minimum Gasteiger partial charge on any atom is -0.326 e. The van der Waals surface area contributed by atoms with Gasteiger partial charge in [0.1, 0.15) is 0 Å². The quantitative estimate of drug-likeness (QED) is 0.790. The van der Waals surface area contributed by atoms with Crippen LogP contribution in [-0.2, 0) is 9.59 Å². The number of carbonyl (C=O) groups is 2. The Bertz CT molecular complexity index is 484. The molecule has 5 nitrogen and oxygen atoms in total. The molecule has 1 aromatic carbocycles. The zero-order valence-corrected chi connectivity index (χ0v) is 11.9. The fraction of sp³-hybridized carbons (Fsp3) is 0.467. The molecule has 108 valence electrons. The maximum atomic E-state index is 12.2. The van der Waals surface area contributed by atoms with Crippen molar-refractivity contribution in [3.63, 3.8) is 0 Å². The lowest BCUT2D eigenvalue weighted by molar-refractivity contribution is -0.121. The second kappa shape index (κ2) is 6.52. The summed E-state index contributed by atoms with van der Waals surface area (Å²) in [6.07, 6.45) is 1.75. The summed E-state index contributed by atoms with van der Waals surface area (Å²) in [5, 5.41) is 8.96. The van der Waals surface area contributed by atoms with E-state index < -0.39 is 0 Å². The van der Waals surface area contributed by atoms with Gasteiger partial charge in [-0.15, -0.1) is 0 Å². The van der Waals surface area contributed by atoms with Gasteiger partial charge in [0.25, 0.3) is 0 Å². The largest absolute Gasteiger partial charge is 0.326 e. The van der Waals surface area contributed by atoms with Gasteiger partial charge >= 0.3 is 0 Å². The molecule has 0 spiro atoms. The summed E-state index contributed by atoms with van der Waals surface area (Å²) < 4.78 is 0. The van der Waals surface area contributed by atoms with Crippen LogP contribution in [0, 0.1) is 5.92 Å². The Balaban J connectivity index is 1.92. The second-order valence-corrected chi connectivity index (χ2v) is 5.32. The van der Waals surface area contributed by atoms with E-state index >= 15 is 0 Å². The molecule has 0 radical (unpaired) electrons. The van der Waals surface area contributed by atoms with Gasteiger partial charge in [-0.2, -0.15) is 0 Å². The summed E-state index contributed by atoms with van der Waals surface area (Å²) in [5.74, 6) is 0.0392. The van der Waals surface area contributed by atoms with Gasteiger partial charge in [-0.05, 0) is 50.6 Å². The Kier molecular flexibility index (Phi) is 4.74. The van der Waals surface area contributed by atoms with Crippen molar-refractivity contribution < 1.29 is 9.59 Å². The average Bonchev–Trinajstić information content (AvgIpc) is 2.40. The van der Waals surface area contributed by atoms with E-state index in [9.17, 15) is 9.59 Å². The molecule has 1 aliphatic heterocycles. The van der Waals surface area contributed by atoms with E-state index in [-0.39, 0.29) is 17.7 Å². The normalized spacial score (nSPS) is 22.1. The SMILES string of the molecule is CC(=O)Nc1ccc(NC(=O)[C@H]2CCN[C@@H](C)C2)cc1. The van der Waals surface area contributed by atoms with Crippen molar-refractivity contribution in [3.05, 3.63) is 24.3 Å². The highest BCUT2D eigenvalue weighted by Gasteiger charge is 2.24. The lowest BCUT2D eigenvalue weighted by Crippen LogP contribution is -2.40. The minimum absolute atomic E-state index is 0.0706. The van der Waals surface area contributed by atoms with Crippen molar-refractivity contribution >= 4 is 23.2 Å². The number of anilines is 2. The third-order valence-corrected chi connectivity index (χ3v) is 3.47. The molecule has 1 fully saturated rings. The molecule has 5 heteroatoms. The van der Waals surface area contributed by atoms with Crippen molar-refractivity contribution in [2.45, 2.75) is 32.7 Å². The summed E-state index contributed by atoms with van der Waals surface area (Å²) in [6, 6.07) is 7.55. The summed E-state index contributed by atoms with van der Waals surface area (Å²) in [4.78, 5) is 23.1. The van der Waals surface area contributed by atoms with Gasteiger partial charge in [0.15, 0.2) is 0 Å². The van der Waals surface area contributed by atoms with Crippen LogP contribution < -0.4 is 16.0 Å². The Hall–Kier alpha value is -1.88. The van der Waals surface area contributed by atoms with Crippen molar-refractivity contribution in [1.82, 2.24) is 5.32 Å². The third-order valence-electron chi connectivity index (χ3n) is 3.47. The smallest absolute Gasteiger partial charge is 0.227 e. The molecule has 2 rings (SSSR count). The standard InChI is InChI=1S/C15H21N3O2/c1-10-9-12(7-8-16-10)15(20)18-14-5-3-13(4-6-14)17-11(2)19/h3-6,10,12,16H,7-9H2,1-2H3,(H,17,19)(H,18,20)/t10-,12-/m0/s1. The zero-order chi connectivity index (χ0) is 14.5. The van der Waals surface area contributed by atoms with Gasteiger partial charge in [-0.3, -0.25) is 9.59 Å². The molecule has 1 saturated heterocycles. The number of hydrogen-bond donors (Lipinski definition) is 3. The summed E-state index contributed by atoms with van der Waals surface area (Å²) in [7, 11) is 0. The monoisotopic (exact) mass is 275 g/mol. The number of benzene rings is 1. The lowest BCUT2D eigenvalue weighted by atomic mass is 9.92. The van der Waals surface area contributed by atoms with Crippen molar-refractivity contribution in [1.29, 1.82) is 0 Å². The lowest BCUT2D eigenvalue weighted by Gasteiger charge is -2.27. The van der Waals surface area contributed by atoms with Crippen LogP contribution in [0.2, 0.25) is 0 Å². The van der Waals surface area contributed by atoms with Crippen LogP contribution in [0.25, 0.3) is 0 Å². The van der Waals surface area contributed by atoms with E-state index in [0.29, 0.717) is 6.04 Å². The molecule has 1 aliphatic rings. The van der Waals surface area contributed by atoms with Gasteiger partial charge < -0.3 is 16.0 Å². The molecular weight excluding hydrogens is 254 g/mol. The summed E-state index contributed by atoms with van der Waals surface area (Å²) in [5.41, 5.74) is 1.49. The van der Waals surface area contributed by atoms with Crippen LogP contribution >= 0.6 is 0 Å². The molecule has 0 aliphatic carbocycles. The minimum atomic E-state index is -0.106. The van der Waals surface area contributed by atoms with Gasteiger partial charge in [-0.1, -0.05) is 0 Å². The number of amides is 2. The van der Waals surface area contributed by atoms with Crippen molar-refractivity contribution in [2.75, 3.05) is 17.2 Å². The van der Waals surface area contributed by atoms with Gasteiger partial charge in [-0.25, -0.2) is 0 Å². The Morgan fingerprint density at radius 3 is 2.30 bits per heavy atom. The molecule has 0 unspecified atom stereocenters. The predicted octanol–water partition coefficient (Wildman–Crippen LogP) is 1.97. The molecule has 0 aromatic heterocycles. The third kappa shape index (κ3) is 4.06. The highest BCUT2D eigenvalue weighted by Crippen LogP contribution is 2.19. The molecule has 1 heterocycles. The fourth-order valence-corrected chi connectivity index (χ4v) is 2.45. The first-order valence-corrected chi connectivity index (χ1v) is 6.96. The molecule has 0 saturated carbocycles. The molecule has 1 aromatic rings. The maximum Gasteiger partial charge on any atom is 0.227 e. The van der Waals surface area contributed by atoms with Gasteiger partial charge in [0, 0.05) is 30.3 Å². The van der Waals surface area contributed by atoms with Gasteiger partial charge in [0.2, 0.25) is 11.8 Å². The second-order valence-electron chi connectivity index (χ2n) is 5.32. The summed E-state index contributed by atoms with van der Waals surface area (Å²) >= 11 is 0. The highest BCUT2D eigenvalue weighted by atomic mass is 16.2. The molecule has 3 N–H and O–H groups in total. The predicted molar refractivity (Wildman–Crippen MR) is 79.6 cm³/mol. The molecule has 2 amide bonds. The highest BCUT2D eigenvalue weighted by molar-refractivity contribution is 5.93. The number of carbonyl (C=O) groups excluding carboxylic acids is 2. The first-order chi connectivity index (χ1) is 9.54. The van der Waals surface area contributed by atoms with E-state index in [0.717, 1.165) is 30.8 Å². The summed E-state index contributed by atoms with van der Waals surface area (Å²) in [6.45, 7) is 4.45. The zero-order valence-electron chi connectivity index (χ0n) is 11.9. The van der Waals surface area contributed by atoms with Crippen molar-refractivity contribution in [3.8, 4) is 0 Å². The Morgan fingerprint density at radius 2 is 1.75 bits per heavy atom. The molecule has 0 bridgehead atoms. The number of piperidine rings is 1. The van der Waals surface area contributed by atoms with E-state index in [1.165, 1.54) is 6.92 Å². The molecule has 20 heavy (non-hydrogen) atoms. The number of nitrogens with one attached hydrogen (secondary N) is 3. The number of hydrogen-bond acceptors (Lipinski definition) is 3. The van der Waals surface area contributed by atoms with E-state index in [4.69, 9.17) is 0 Å². The Labute approximate surface area is 119 Å². The van der Waals surface area contributed by atoms with Crippen molar-refractivity contribution in [2.24, 2.45) is 5.92 Å². The Morgan fingerprint density at radius 1 is 1.15 bits per heavy atom. The van der Waals surface area contributed by atoms with E-state index in [1.54, 1.807) is 24.3 Å². The van der Waals surface area contributed by atoms with Crippen LogP contribution in [0.3, 0.4) is 0 Å². The number of rotatable bonds is 3.